The molecule has 3 atom stereocenters. The summed E-state index contributed by atoms with van der Waals surface area (Å²) in [5.41, 5.74) is 0. The Labute approximate surface area is 379 Å². The van der Waals surface area contributed by atoms with Gasteiger partial charge in [-0.3, -0.25) is 18.6 Å². The van der Waals surface area contributed by atoms with Crippen LogP contribution in [0.1, 0.15) is 226 Å². The molecule has 0 spiro atoms. The molecule has 0 saturated heterocycles. The highest BCUT2D eigenvalue weighted by Crippen LogP contribution is 2.43. The third-order valence-corrected chi connectivity index (χ3v) is 11.7. The van der Waals surface area contributed by atoms with Crippen LogP contribution in [0.3, 0.4) is 0 Å². The quantitative estimate of drug-likeness (QED) is 0.0233. The van der Waals surface area contributed by atoms with E-state index in [4.69, 9.17) is 23.6 Å². The Kier molecular flexibility index (Phi) is 45.3. The van der Waals surface area contributed by atoms with Crippen LogP contribution in [-0.2, 0) is 32.7 Å². The number of hydrogen-bond donors (Lipinski definition) is 3. The second-order valence-electron chi connectivity index (χ2n) is 16.8. The number of aliphatic hydroxyl groups excluding tert-OH is 2. The molecule has 0 amide bonds. The molecule has 0 aliphatic rings. The Morgan fingerprint density at radius 1 is 0.484 bits per heavy atom. The Hall–Kier alpha value is -2.07. The molecule has 0 fully saturated rings. The molecule has 0 heterocycles. The average molecular weight is 897 g/mol. The van der Waals surface area contributed by atoms with E-state index in [-0.39, 0.29) is 19.4 Å². The number of phosphoric ester groups is 1. The number of rotatable bonds is 47. The van der Waals surface area contributed by atoms with Gasteiger partial charge in [0, 0.05) is 12.8 Å². The Morgan fingerprint density at radius 2 is 0.871 bits per heavy atom. The molecule has 0 aliphatic carbocycles. The Bertz CT molecular complexity index is 1170. The van der Waals surface area contributed by atoms with E-state index in [1.165, 1.54) is 122 Å². The van der Waals surface area contributed by atoms with Crippen LogP contribution in [0.25, 0.3) is 0 Å². The van der Waals surface area contributed by atoms with Crippen LogP contribution in [0.5, 0.6) is 0 Å². The zero-order valence-electron chi connectivity index (χ0n) is 39.6. The maximum atomic E-state index is 12.6. The lowest BCUT2D eigenvalue weighted by Gasteiger charge is -2.20. The van der Waals surface area contributed by atoms with Crippen molar-refractivity contribution in [2.24, 2.45) is 0 Å². The van der Waals surface area contributed by atoms with Crippen molar-refractivity contribution < 1.29 is 47.8 Å². The second kappa shape index (κ2) is 46.9. The van der Waals surface area contributed by atoms with E-state index >= 15 is 0 Å². The number of phosphoric acid groups is 1. The molecule has 1 unspecified atom stereocenters. The highest BCUT2D eigenvalue weighted by Gasteiger charge is 2.27. The monoisotopic (exact) mass is 897 g/mol. The third-order valence-electron chi connectivity index (χ3n) is 10.7. The first-order valence-electron chi connectivity index (χ1n) is 25.1. The van der Waals surface area contributed by atoms with Gasteiger partial charge in [0.05, 0.1) is 19.8 Å². The number of ether oxygens (including phenoxy) is 2. The van der Waals surface area contributed by atoms with Crippen LogP contribution in [0.2, 0.25) is 0 Å². The number of carbonyl (C=O) groups is 2. The average Bonchev–Trinajstić information content (AvgIpc) is 3.26. The predicted octanol–water partition coefficient (Wildman–Crippen LogP) is 14.1. The van der Waals surface area contributed by atoms with Crippen LogP contribution in [-0.4, -0.2) is 65.7 Å². The van der Waals surface area contributed by atoms with Crippen LogP contribution in [0.4, 0.5) is 0 Å². The van der Waals surface area contributed by atoms with Gasteiger partial charge in [-0.25, -0.2) is 4.57 Å². The summed E-state index contributed by atoms with van der Waals surface area (Å²) in [7, 11) is -4.63. The maximum Gasteiger partial charge on any atom is 0.472 e. The van der Waals surface area contributed by atoms with E-state index < -0.39 is 51.8 Å². The lowest BCUT2D eigenvalue weighted by molar-refractivity contribution is -0.161. The van der Waals surface area contributed by atoms with E-state index in [1.54, 1.807) is 0 Å². The van der Waals surface area contributed by atoms with Gasteiger partial charge in [-0.2, -0.15) is 0 Å². The van der Waals surface area contributed by atoms with Crippen LogP contribution in [0.15, 0.2) is 48.6 Å². The standard InChI is InChI=1S/C51H93O10P/c1-3-5-7-9-11-13-15-17-19-21-22-23-24-25-27-28-30-32-34-36-38-40-42-50(54)58-46-49(47-60-62(56,57)59-45-48(53)44-52)61-51(55)43-41-39-37-35-33-31-29-26-20-18-16-14-12-10-8-6-4-2/h8,10,14,16,20,26,31,33,48-49,52-53H,3-7,9,11-13,15,17-19,21-25,27-30,32,34-47H2,1-2H3,(H,56,57)/b10-8+,16-14+,26-20+,33-31+/t48-,49-/m1/s1. The van der Waals surface area contributed by atoms with Crippen molar-refractivity contribution in [2.75, 3.05) is 26.4 Å². The first kappa shape index (κ1) is 59.9. The number of aliphatic hydroxyl groups is 2. The maximum absolute atomic E-state index is 12.6. The molecule has 3 N–H and O–H groups in total. The predicted molar refractivity (Wildman–Crippen MR) is 256 cm³/mol. The molecule has 0 radical (unpaired) electrons. The Morgan fingerprint density at radius 3 is 1.32 bits per heavy atom. The van der Waals surface area contributed by atoms with Crippen LogP contribution >= 0.6 is 7.82 Å². The Balaban J connectivity index is 4.20. The fourth-order valence-corrected chi connectivity index (χ4v) is 7.66. The van der Waals surface area contributed by atoms with E-state index in [0.717, 1.165) is 64.2 Å². The van der Waals surface area contributed by atoms with E-state index in [9.17, 15) is 24.2 Å². The van der Waals surface area contributed by atoms with Crippen molar-refractivity contribution in [2.45, 2.75) is 238 Å². The molecule has 0 aromatic heterocycles. The first-order valence-corrected chi connectivity index (χ1v) is 26.6. The summed E-state index contributed by atoms with van der Waals surface area (Å²) in [5.74, 6) is -0.953. The molecule has 0 rings (SSSR count). The molecule has 62 heavy (non-hydrogen) atoms. The van der Waals surface area contributed by atoms with Gasteiger partial charge >= 0.3 is 19.8 Å². The molecule has 362 valence electrons. The number of unbranched alkanes of at least 4 members (excludes halogenated alkanes) is 25. The molecule has 0 bridgehead atoms. The van der Waals surface area contributed by atoms with Crippen molar-refractivity contribution in [3.05, 3.63) is 48.6 Å². The molecule has 11 heteroatoms. The van der Waals surface area contributed by atoms with Gasteiger partial charge in [-0.15, -0.1) is 0 Å². The molecular weight excluding hydrogens is 804 g/mol. The van der Waals surface area contributed by atoms with Crippen molar-refractivity contribution in [3.8, 4) is 0 Å². The van der Waals surface area contributed by atoms with Gasteiger partial charge in [0.25, 0.3) is 0 Å². The van der Waals surface area contributed by atoms with Gasteiger partial charge in [0.1, 0.15) is 12.7 Å². The summed E-state index contributed by atoms with van der Waals surface area (Å²) in [6, 6.07) is 0. The van der Waals surface area contributed by atoms with Crippen molar-refractivity contribution >= 4 is 19.8 Å². The topological polar surface area (TPSA) is 149 Å². The van der Waals surface area contributed by atoms with Gasteiger partial charge in [-0.1, -0.05) is 210 Å². The fraction of sp³-hybridized carbons (Fsp3) is 0.804. The highest BCUT2D eigenvalue weighted by atomic mass is 31.2. The normalized spacial score (nSPS) is 14.1. The number of carbonyl (C=O) groups excluding carboxylic acids is 2. The highest BCUT2D eigenvalue weighted by molar-refractivity contribution is 7.47. The minimum Gasteiger partial charge on any atom is -0.462 e. The summed E-state index contributed by atoms with van der Waals surface area (Å²) in [6.07, 6.45) is 52.3. The molecule has 0 aromatic rings. The third kappa shape index (κ3) is 45.9. The summed E-state index contributed by atoms with van der Waals surface area (Å²) in [4.78, 5) is 35.1. The summed E-state index contributed by atoms with van der Waals surface area (Å²) < 4.78 is 32.8. The smallest absolute Gasteiger partial charge is 0.462 e. The van der Waals surface area contributed by atoms with Gasteiger partial charge in [0.2, 0.25) is 0 Å². The van der Waals surface area contributed by atoms with Crippen LogP contribution < -0.4 is 0 Å². The summed E-state index contributed by atoms with van der Waals surface area (Å²) in [6.45, 7) is 2.31. The van der Waals surface area contributed by atoms with Gasteiger partial charge in [0.15, 0.2) is 6.10 Å². The van der Waals surface area contributed by atoms with Crippen molar-refractivity contribution in [3.63, 3.8) is 0 Å². The van der Waals surface area contributed by atoms with Crippen molar-refractivity contribution in [1.29, 1.82) is 0 Å². The lowest BCUT2D eigenvalue weighted by atomic mass is 10.0. The summed E-state index contributed by atoms with van der Waals surface area (Å²) >= 11 is 0. The second-order valence-corrected chi connectivity index (χ2v) is 18.3. The number of allylic oxidation sites excluding steroid dienone is 8. The number of esters is 2. The largest absolute Gasteiger partial charge is 0.472 e. The van der Waals surface area contributed by atoms with Crippen LogP contribution in [0, 0.1) is 0 Å². The zero-order chi connectivity index (χ0) is 45.5. The SMILES string of the molecule is CCC/C=C/C/C=C/C/C=C/C/C=C/CCCCCC(=O)O[C@H](COC(=O)CCCCCCCCCCCCCCCCCCCCCCCC)COP(=O)(O)OC[C@H](O)CO. The molecule has 0 aromatic carbocycles. The minimum absolute atomic E-state index is 0.147. The zero-order valence-corrected chi connectivity index (χ0v) is 40.5. The molecule has 10 nitrogen and oxygen atoms in total. The van der Waals surface area contributed by atoms with E-state index in [2.05, 4.69) is 62.5 Å². The molecular formula is C51H93O10P. The lowest BCUT2D eigenvalue weighted by Crippen LogP contribution is -2.29. The fourth-order valence-electron chi connectivity index (χ4n) is 6.87. The molecule has 0 saturated carbocycles. The van der Waals surface area contributed by atoms with Gasteiger partial charge in [-0.05, 0) is 51.4 Å². The van der Waals surface area contributed by atoms with Gasteiger partial charge < -0.3 is 24.6 Å². The number of hydrogen-bond acceptors (Lipinski definition) is 9. The van der Waals surface area contributed by atoms with E-state index in [1.807, 2.05) is 0 Å². The minimum atomic E-state index is -4.63. The van der Waals surface area contributed by atoms with Crippen molar-refractivity contribution in [1.82, 2.24) is 0 Å². The summed E-state index contributed by atoms with van der Waals surface area (Å²) in [5, 5.41) is 18.4. The molecule has 0 aliphatic heterocycles. The first-order chi connectivity index (χ1) is 30.2. The van der Waals surface area contributed by atoms with E-state index in [0.29, 0.717) is 12.8 Å².